The van der Waals surface area contributed by atoms with Gasteiger partial charge in [-0.3, -0.25) is 4.79 Å². The molecular formula is C13H22ClN3O2. The Morgan fingerprint density at radius 2 is 2.26 bits per heavy atom. The molecule has 1 aliphatic heterocycles. The number of piperidine rings is 1. The Hall–Kier alpha value is -1.07. The van der Waals surface area contributed by atoms with E-state index in [1.807, 2.05) is 18.9 Å². The molecule has 2 rings (SSSR count). The van der Waals surface area contributed by atoms with Crippen LogP contribution in [-0.2, 0) is 0 Å². The minimum atomic E-state index is -0.0195. The molecule has 0 saturated carbocycles. The molecule has 2 heterocycles. The van der Waals surface area contributed by atoms with Gasteiger partial charge in [0.25, 0.3) is 5.91 Å². The fraction of sp³-hybridized carbons (Fsp3) is 0.692. The maximum atomic E-state index is 12.4. The molecule has 1 aromatic rings. The highest BCUT2D eigenvalue weighted by atomic mass is 35.5. The molecule has 1 N–H and O–H groups in total. The predicted molar refractivity (Wildman–Crippen MR) is 75.8 cm³/mol. The van der Waals surface area contributed by atoms with Crippen LogP contribution < -0.4 is 5.32 Å². The Balaban J connectivity index is 0.00000180. The monoisotopic (exact) mass is 287 g/mol. The van der Waals surface area contributed by atoms with Gasteiger partial charge in [0.1, 0.15) is 0 Å². The topological polar surface area (TPSA) is 58.4 Å². The maximum absolute atomic E-state index is 12.4. The quantitative estimate of drug-likeness (QED) is 0.921. The van der Waals surface area contributed by atoms with E-state index in [9.17, 15) is 4.79 Å². The molecule has 1 saturated heterocycles. The van der Waals surface area contributed by atoms with Crippen molar-refractivity contribution in [2.75, 3.05) is 26.7 Å². The Morgan fingerprint density at radius 1 is 1.53 bits per heavy atom. The van der Waals surface area contributed by atoms with Crippen LogP contribution in [0.5, 0.6) is 0 Å². The number of hydrogen-bond acceptors (Lipinski definition) is 4. The zero-order chi connectivity index (χ0) is 13.1. The van der Waals surface area contributed by atoms with Crippen LogP contribution in [-0.4, -0.2) is 42.5 Å². The normalized spacial score (nSPS) is 19.1. The number of rotatable bonds is 3. The number of nitrogens with one attached hydrogen (secondary N) is 1. The molecule has 6 heteroatoms. The van der Waals surface area contributed by atoms with Gasteiger partial charge in [-0.25, -0.2) is 4.98 Å². The summed E-state index contributed by atoms with van der Waals surface area (Å²) in [5.74, 6) is 1.48. The molecular weight excluding hydrogens is 266 g/mol. The lowest BCUT2D eigenvalue weighted by Crippen LogP contribution is -2.42. The van der Waals surface area contributed by atoms with Crippen LogP contribution in [0.15, 0.2) is 4.42 Å². The Labute approximate surface area is 120 Å². The van der Waals surface area contributed by atoms with E-state index in [0.717, 1.165) is 26.1 Å². The third-order valence-corrected chi connectivity index (χ3v) is 3.40. The van der Waals surface area contributed by atoms with Crippen molar-refractivity contribution >= 4 is 18.3 Å². The maximum Gasteiger partial charge on any atom is 0.291 e. The predicted octanol–water partition coefficient (Wildman–Crippen LogP) is 1.78. The molecule has 0 aromatic carbocycles. The van der Waals surface area contributed by atoms with Crippen LogP contribution in [0.2, 0.25) is 0 Å². The summed E-state index contributed by atoms with van der Waals surface area (Å²) in [6.07, 6.45) is 2.24. The minimum Gasteiger partial charge on any atom is -0.436 e. The zero-order valence-corrected chi connectivity index (χ0v) is 12.5. The first kappa shape index (κ1) is 16.0. The molecule has 1 unspecified atom stereocenters. The second-order valence-electron chi connectivity index (χ2n) is 4.96. The van der Waals surface area contributed by atoms with Crippen LogP contribution in [0.25, 0.3) is 0 Å². The molecule has 0 spiro atoms. The summed E-state index contributed by atoms with van der Waals surface area (Å²) in [5, 5.41) is 3.18. The van der Waals surface area contributed by atoms with E-state index in [2.05, 4.69) is 10.3 Å². The van der Waals surface area contributed by atoms with E-state index < -0.39 is 0 Å². The number of nitrogens with zero attached hydrogens (tertiary/aromatic N) is 2. The first-order valence-corrected chi connectivity index (χ1v) is 6.49. The molecule has 0 aliphatic carbocycles. The van der Waals surface area contributed by atoms with Crippen LogP contribution in [0.1, 0.15) is 35.0 Å². The third-order valence-electron chi connectivity index (χ3n) is 3.40. The number of oxazole rings is 1. The van der Waals surface area contributed by atoms with Gasteiger partial charge < -0.3 is 14.6 Å². The third kappa shape index (κ3) is 3.70. The highest BCUT2D eigenvalue weighted by Gasteiger charge is 2.27. The summed E-state index contributed by atoms with van der Waals surface area (Å²) in [5.41, 5.74) is 0.688. The van der Waals surface area contributed by atoms with Gasteiger partial charge in [0.15, 0.2) is 5.89 Å². The number of likely N-dealkylation sites (tertiary alicyclic amines) is 1. The highest BCUT2D eigenvalue weighted by molar-refractivity contribution is 5.92. The van der Waals surface area contributed by atoms with Gasteiger partial charge in [0.05, 0.1) is 5.69 Å². The van der Waals surface area contributed by atoms with Gasteiger partial charge in [-0.05, 0) is 39.3 Å². The Kier molecular flexibility index (Phi) is 5.82. The minimum absolute atomic E-state index is 0. The molecule has 1 atom stereocenters. The van der Waals surface area contributed by atoms with E-state index in [0.29, 0.717) is 23.3 Å². The average molecular weight is 288 g/mol. The number of amides is 1. The molecule has 5 nitrogen and oxygen atoms in total. The standard InChI is InChI=1S/C13H21N3O2.ClH/c1-9-12(18-10(2)15-9)13(17)16-6-4-5-11(8-16)7-14-3;/h11,14H,4-8H2,1-3H3;1H. The van der Waals surface area contributed by atoms with Gasteiger partial charge in [-0.1, -0.05) is 0 Å². The summed E-state index contributed by atoms with van der Waals surface area (Å²) in [6, 6.07) is 0. The molecule has 1 fully saturated rings. The Bertz CT molecular complexity index is 432. The van der Waals surface area contributed by atoms with Crippen molar-refractivity contribution < 1.29 is 9.21 Å². The summed E-state index contributed by atoms with van der Waals surface area (Å²) in [7, 11) is 1.95. The van der Waals surface area contributed by atoms with Gasteiger partial charge in [0.2, 0.25) is 5.76 Å². The van der Waals surface area contributed by atoms with Crippen molar-refractivity contribution in [1.82, 2.24) is 15.2 Å². The van der Waals surface area contributed by atoms with Gasteiger partial charge in [0, 0.05) is 20.0 Å². The van der Waals surface area contributed by atoms with Gasteiger partial charge in [-0.2, -0.15) is 0 Å². The van der Waals surface area contributed by atoms with Gasteiger partial charge in [-0.15, -0.1) is 12.4 Å². The largest absolute Gasteiger partial charge is 0.436 e. The average Bonchev–Trinajstić information content (AvgIpc) is 2.68. The molecule has 1 aliphatic rings. The van der Waals surface area contributed by atoms with Crippen molar-refractivity contribution in [2.24, 2.45) is 5.92 Å². The van der Waals surface area contributed by atoms with Crippen molar-refractivity contribution in [1.29, 1.82) is 0 Å². The number of carbonyl (C=O) groups is 1. The van der Waals surface area contributed by atoms with Crippen molar-refractivity contribution in [3.05, 3.63) is 17.3 Å². The fourth-order valence-corrected chi connectivity index (χ4v) is 2.58. The lowest BCUT2D eigenvalue weighted by Gasteiger charge is -2.32. The molecule has 1 aromatic heterocycles. The van der Waals surface area contributed by atoms with Gasteiger partial charge >= 0.3 is 0 Å². The van der Waals surface area contributed by atoms with Crippen molar-refractivity contribution in [3.63, 3.8) is 0 Å². The van der Waals surface area contributed by atoms with Crippen LogP contribution in [0.4, 0.5) is 0 Å². The first-order valence-electron chi connectivity index (χ1n) is 6.49. The van der Waals surface area contributed by atoms with Crippen LogP contribution in [0.3, 0.4) is 0 Å². The highest BCUT2D eigenvalue weighted by Crippen LogP contribution is 2.19. The summed E-state index contributed by atoms with van der Waals surface area (Å²) < 4.78 is 5.41. The number of carbonyl (C=O) groups excluding carboxylic acids is 1. The van der Waals surface area contributed by atoms with E-state index >= 15 is 0 Å². The molecule has 0 bridgehead atoms. The van der Waals surface area contributed by atoms with E-state index in [4.69, 9.17) is 4.42 Å². The lowest BCUT2D eigenvalue weighted by atomic mass is 9.98. The number of aryl methyl sites for hydroxylation is 2. The van der Waals surface area contributed by atoms with Crippen LogP contribution in [0, 0.1) is 19.8 Å². The SMILES string of the molecule is CNCC1CCCN(C(=O)c2oc(C)nc2C)C1.Cl. The number of hydrogen-bond donors (Lipinski definition) is 1. The molecule has 0 radical (unpaired) electrons. The van der Waals surface area contributed by atoms with E-state index in [-0.39, 0.29) is 18.3 Å². The van der Waals surface area contributed by atoms with E-state index in [1.165, 1.54) is 6.42 Å². The number of aromatic nitrogens is 1. The van der Waals surface area contributed by atoms with Crippen molar-refractivity contribution in [3.8, 4) is 0 Å². The summed E-state index contributed by atoms with van der Waals surface area (Å²) in [6.45, 7) is 6.16. The first-order chi connectivity index (χ1) is 8.61. The van der Waals surface area contributed by atoms with E-state index in [1.54, 1.807) is 6.92 Å². The van der Waals surface area contributed by atoms with Crippen molar-refractivity contribution in [2.45, 2.75) is 26.7 Å². The molecule has 19 heavy (non-hydrogen) atoms. The molecule has 1 amide bonds. The summed E-state index contributed by atoms with van der Waals surface area (Å²) >= 11 is 0. The smallest absolute Gasteiger partial charge is 0.291 e. The second-order valence-corrected chi connectivity index (χ2v) is 4.96. The summed E-state index contributed by atoms with van der Waals surface area (Å²) in [4.78, 5) is 18.4. The molecule has 108 valence electrons. The lowest BCUT2D eigenvalue weighted by molar-refractivity contribution is 0.0640. The Morgan fingerprint density at radius 3 is 2.84 bits per heavy atom. The fourth-order valence-electron chi connectivity index (χ4n) is 2.58. The van der Waals surface area contributed by atoms with Crippen LogP contribution >= 0.6 is 12.4 Å². The second kappa shape index (κ2) is 6.91. The number of halogens is 1. The zero-order valence-electron chi connectivity index (χ0n) is 11.7.